The van der Waals surface area contributed by atoms with Crippen LogP contribution in [0.2, 0.25) is 0 Å². The highest BCUT2D eigenvalue weighted by atomic mass is 19.1. The fraction of sp³-hybridized carbons (Fsp3) is 0.125. The molecule has 0 saturated heterocycles. The van der Waals surface area contributed by atoms with Gasteiger partial charge >= 0.3 is 0 Å². The van der Waals surface area contributed by atoms with Crippen molar-refractivity contribution < 1.29 is 4.39 Å². The van der Waals surface area contributed by atoms with Gasteiger partial charge in [-0.1, -0.05) is 0 Å². The van der Waals surface area contributed by atoms with Crippen molar-refractivity contribution in [2.45, 2.75) is 6.42 Å². The Balaban J connectivity index is 2.43. The summed E-state index contributed by atoms with van der Waals surface area (Å²) < 4.78 is 12.5. The van der Waals surface area contributed by atoms with Crippen molar-refractivity contribution in [1.82, 2.24) is 0 Å². The molecule has 0 bridgehead atoms. The zero-order valence-electron chi connectivity index (χ0n) is 5.34. The first-order chi connectivity index (χ1) is 4.86. The van der Waals surface area contributed by atoms with Crippen molar-refractivity contribution in [3.8, 4) is 0 Å². The van der Waals surface area contributed by atoms with Gasteiger partial charge in [-0.3, -0.25) is 4.99 Å². The van der Waals surface area contributed by atoms with Crippen LogP contribution in [0.1, 0.15) is 6.42 Å². The molecule has 1 nitrogen and oxygen atoms in total. The third kappa shape index (κ3) is 0.727. The Morgan fingerprint density at radius 3 is 3.30 bits per heavy atom. The van der Waals surface area contributed by atoms with Gasteiger partial charge in [0.2, 0.25) is 0 Å². The van der Waals surface area contributed by atoms with Crippen molar-refractivity contribution in [2.24, 2.45) is 4.99 Å². The topological polar surface area (TPSA) is 12.4 Å². The van der Waals surface area contributed by atoms with Crippen LogP contribution in [0, 0.1) is 0 Å². The fourth-order valence-corrected chi connectivity index (χ4v) is 1.08. The molecule has 50 valence electrons. The summed E-state index contributed by atoms with van der Waals surface area (Å²) in [5.41, 5.74) is 1.89. The van der Waals surface area contributed by atoms with Crippen molar-refractivity contribution >= 4 is 5.71 Å². The molecule has 0 saturated carbocycles. The molecule has 0 atom stereocenters. The molecule has 2 aliphatic rings. The minimum Gasteiger partial charge on any atom is -0.260 e. The SMILES string of the molecule is FC1=CCC2=NC=CC2=C1. The zero-order valence-corrected chi connectivity index (χ0v) is 5.34. The molecule has 0 spiro atoms. The Morgan fingerprint density at radius 2 is 2.40 bits per heavy atom. The Labute approximate surface area is 58.3 Å². The second kappa shape index (κ2) is 1.90. The van der Waals surface area contributed by atoms with E-state index in [0.717, 1.165) is 11.3 Å². The van der Waals surface area contributed by atoms with Gasteiger partial charge in [0.05, 0.1) is 5.71 Å². The second-order valence-corrected chi connectivity index (χ2v) is 2.28. The van der Waals surface area contributed by atoms with E-state index >= 15 is 0 Å². The van der Waals surface area contributed by atoms with Crippen LogP contribution in [0.4, 0.5) is 4.39 Å². The molecular weight excluding hydrogens is 129 g/mol. The number of hydrogen-bond acceptors (Lipinski definition) is 1. The maximum absolute atomic E-state index is 12.5. The van der Waals surface area contributed by atoms with E-state index in [2.05, 4.69) is 4.99 Å². The summed E-state index contributed by atoms with van der Waals surface area (Å²) in [4.78, 5) is 4.05. The molecule has 2 heteroatoms. The van der Waals surface area contributed by atoms with Crippen molar-refractivity contribution in [2.75, 3.05) is 0 Å². The molecule has 10 heavy (non-hydrogen) atoms. The van der Waals surface area contributed by atoms with Crippen LogP contribution in [-0.4, -0.2) is 5.71 Å². The average Bonchev–Trinajstić information content (AvgIpc) is 2.33. The molecule has 0 N–H and O–H groups in total. The highest BCUT2D eigenvalue weighted by molar-refractivity contribution is 6.06. The highest BCUT2D eigenvalue weighted by Gasteiger charge is 2.11. The molecule has 2 rings (SSSR count). The lowest BCUT2D eigenvalue weighted by Gasteiger charge is -2.03. The van der Waals surface area contributed by atoms with E-state index in [1.54, 1.807) is 6.20 Å². The minimum atomic E-state index is -0.152. The molecule has 0 fully saturated rings. The smallest absolute Gasteiger partial charge is 0.120 e. The predicted molar refractivity (Wildman–Crippen MR) is 38.5 cm³/mol. The summed E-state index contributed by atoms with van der Waals surface area (Å²) in [7, 11) is 0. The van der Waals surface area contributed by atoms with Gasteiger partial charge in [-0.15, -0.1) is 0 Å². The number of rotatable bonds is 0. The van der Waals surface area contributed by atoms with Gasteiger partial charge in [0, 0.05) is 18.2 Å². The summed E-state index contributed by atoms with van der Waals surface area (Å²) in [6.07, 6.45) is 7.20. The summed E-state index contributed by atoms with van der Waals surface area (Å²) >= 11 is 0. The molecular formula is C8H6FN. The molecule has 0 aromatic rings. The van der Waals surface area contributed by atoms with E-state index in [-0.39, 0.29) is 5.83 Å². The quantitative estimate of drug-likeness (QED) is 0.482. The molecule has 0 unspecified atom stereocenters. The lowest BCUT2D eigenvalue weighted by atomic mass is 10.0. The van der Waals surface area contributed by atoms with Crippen LogP contribution < -0.4 is 0 Å². The van der Waals surface area contributed by atoms with Crippen molar-refractivity contribution in [1.29, 1.82) is 0 Å². The van der Waals surface area contributed by atoms with E-state index in [1.807, 2.05) is 6.08 Å². The Morgan fingerprint density at radius 1 is 1.50 bits per heavy atom. The number of halogens is 1. The van der Waals surface area contributed by atoms with Crippen LogP contribution in [0.3, 0.4) is 0 Å². The van der Waals surface area contributed by atoms with Gasteiger partial charge in [0.15, 0.2) is 0 Å². The molecule has 0 aromatic carbocycles. The summed E-state index contributed by atoms with van der Waals surface area (Å²) in [6.45, 7) is 0. The normalized spacial score (nSPS) is 21.5. The third-order valence-electron chi connectivity index (χ3n) is 1.60. The number of allylic oxidation sites excluding steroid dienone is 5. The molecule has 0 aromatic heterocycles. The van der Waals surface area contributed by atoms with Crippen molar-refractivity contribution in [3.63, 3.8) is 0 Å². The second-order valence-electron chi connectivity index (χ2n) is 2.28. The van der Waals surface area contributed by atoms with E-state index < -0.39 is 0 Å². The maximum Gasteiger partial charge on any atom is 0.120 e. The van der Waals surface area contributed by atoms with Crippen molar-refractivity contribution in [3.05, 3.63) is 35.8 Å². The zero-order chi connectivity index (χ0) is 6.97. The van der Waals surface area contributed by atoms with Crippen LogP contribution in [0.15, 0.2) is 40.8 Å². The van der Waals surface area contributed by atoms with Gasteiger partial charge in [-0.05, 0) is 18.2 Å². The van der Waals surface area contributed by atoms with E-state index in [4.69, 9.17) is 0 Å². The number of hydrogen-bond donors (Lipinski definition) is 0. The van der Waals surface area contributed by atoms with Gasteiger partial charge in [-0.2, -0.15) is 0 Å². The average molecular weight is 135 g/mol. The third-order valence-corrected chi connectivity index (χ3v) is 1.60. The van der Waals surface area contributed by atoms with E-state index in [0.29, 0.717) is 6.42 Å². The first kappa shape index (κ1) is 5.59. The summed E-state index contributed by atoms with van der Waals surface area (Å²) in [5, 5.41) is 0. The van der Waals surface area contributed by atoms with Crippen LogP contribution in [0.5, 0.6) is 0 Å². The Bertz CT molecular complexity index is 282. The first-order valence-electron chi connectivity index (χ1n) is 3.17. The summed E-state index contributed by atoms with van der Waals surface area (Å²) in [5.74, 6) is -0.152. The minimum absolute atomic E-state index is 0.152. The lowest BCUT2D eigenvalue weighted by Crippen LogP contribution is -1.99. The standard InChI is InChI=1S/C8H6FN/c9-7-1-2-8-6(5-7)3-4-10-8/h1,3-5H,2H2. The molecule has 1 heterocycles. The molecule has 0 radical (unpaired) electrons. The number of nitrogens with zero attached hydrogens (tertiary/aromatic N) is 1. The van der Waals surface area contributed by atoms with Gasteiger partial charge in [0.25, 0.3) is 0 Å². The monoisotopic (exact) mass is 135 g/mol. The molecule has 1 aliphatic heterocycles. The van der Waals surface area contributed by atoms with E-state index in [1.165, 1.54) is 12.2 Å². The van der Waals surface area contributed by atoms with Gasteiger partial charge in [0.1, 0.15) is 5.83 Å². The lowest BCUT2D eigenvalue weighted by molar-refractivity contribution is 0.661. The highest BCUT2D eigenvalue weighted by Crippen LogP contribution is 2.20. The molecule has 0 amide bonds. The predicted octanol–water partition coefficient (Wildman–Crippen LogP) is 2.14. The van der Waals surface area contributed by atoms with Gasteiger partial charge < -0.3 is 0 Å². The molecule has 1 aliphatic carbocycles. The largest absolute Gasteiger partial charge is 0.260 e. The Kier molecular flexibility index (Phi) is 1.07. The maximum atomic E-state index is 12.5. The summed E-state index contributed by atoms with van der Waals surface area (Å²) in [6, 6.07) is 0. The number of fused-ring (bicyclic) bond motifs is 1. The van der Waals surface area contributed by atoms with Gasteiger partial charge in [-0.25, -0.2) is 4.39 Å². The fourth-order valence-electron chi connectivity index (χ4n) is 1.08. The number of aliphatic imine (C=N–C) groups is 1. The first-order valence-corrected chi connectivity index (χ1v) is 3.17. The Hall–Kier alpha value is -1.18. The van der Waals surface area contributed by atoms with Crippen LogP contribution in [-0.2, 0) is 0 Å². The van der Waals surface area contributed by atoms with E-state index in [9.17, 15) is 4.39 Å². The van der Waals surface area contributed by atoms with Crippen LogP contribution in [0.25, 0.3) is 0 Å². The van der Waals surface area contributed by atoms with Crippen LogP contribution >= 0.6 is 0 Å².